The molecule has 2 heterocycles. The van der Waals surface area contributed by atoms with Crippen LogP contribution in [-0.4, -0.2) is 55.2 Å². The molecule has 5 N–H and O–H groups in total. The lowest BCUT2D eigenvalue weighted by atomic mass is 10.0. The van der Waals surface area contributed by atoms with Gasteiger partial charge in [0.1, 0.15) is 5.75 Å². The molecule has 0 aliphatic carbocycles. The van der Waals surface area contributed by atoms with E-state index in [4.69, 9.17) is 0 Å². The Morgan fingerprint density at radius 2 is 2.06 bits per heavy atom. The summed E-state index contributed by atoms with van der Waals surface area (Å²) in [6.45, 7) is 1.78. The van der Waals surface area contributed by atoms with Gasteiger partial charge >= 0.3 is 0 Å². The molecule has 1 aromatic heterocycles. The van der Waals surface area contributed by atoms with E-state index in [0.29, 0.717) is 25.1 Å². The van der Waals surface area contributed by atoms with Crippen LogP contribution in [0.4, 0.5) is 0 Å². The summed E-state index contributed by atoms with van der Waals surface area (Å²) >= 11 is 0. The first kappa shape index (κ1) is 21.5. The van der Waals surface area contributed by atoms with Gasteiger partial charge in [0, 0.05) is 19.0 Å². The van der Waals surface area contributed by atoms with E-state index in [2.05, 4.69) is 15.3 Å². The Labute approximate surface area is 185 Å². The van der Waals surface area contributed by atoms with Crippen molar-refractivity contribution in [3.63, 3.8) is 0 Å². The molecule has 2 aromatic carbocycles. The predicted octanol–water partition coefficient (Wildman–Crippen LogP) is 2.33. The SMILES string of the molecule is O=C(/C=C/c1ccc(O)c(O)c1)N1Cc2[nH]cnc2CC1CNCCc1cccc(O)c1. The van der Waals surface area contributed by atoms with Gasteiger partial charge in [-0.15, -0.1) is 0 Å². The van der Waals surface area contributed by atoms with Crippen LogP contribution in [0.1, 0.15) is 22.5 Å². The van der Waals surface area contributed by atoms with Crippen LogP contribution in [0.15, 0.2) is 54.9 Å². The van der Waals surface area contributed by atoms with Gasteiger partial charge in [-0.1, -0.05) is 18.2 Å². The molecule has 0 bridgehead atoms. The van der Waals surface area contributed by atoms with Crippen molar-refractivity contribution >= 4 is 12.0 Å². The monoisotopic (exact) mass is 434 g/mol. The zero-order chi connectivity index (χ0) is 22.5. The van der Waals surface area contributed by atoms with Gasteiger partial charge in [0.2, 0.25) is 5.91 Å². The standard InChI is InChI=1S/C24H26N4O4/c29-19-3-1-2-16(10-19)8-9-25-13-18-12-20-21(27-15-26-20)14-28(18)24(32)7-5-17-4-6-22(30)23(31)11-17/h1-7,10-11,15,18,25,29-31H,8-9,12-14H2,(H,26,27)/b7-5+. The highest BCUT2D eigenvalue weighted by Gasteiger charge is 2.30. The van der Waals surface area contributed by atoms with Gasteiger partial charge in [-0.05, 0) is 54.4 Å². The van der Waals surface area contributed by atoms with Crippen LogP contribution in [0.25, 0.3) is 6.08 Å². The number of phenols is 3. The van der Waals surface area contributed by atoms with Crippen molar-refractivity contribution in [3.8, 4) is 17.2 Å². The van der Waals surface area contributed by atoms with Crippen molar-refractivity contribution in [2.45, 2.75) is 25.4 Å². The minimum atomic E-state index is -0.228. The molecule has 0 spiro atoms. The summed E-state index contributed by atoms with van der Waals surface area (Å²) in [5.74, 6) is -0.314. The smallest absolute Gasteiger partial charge is 0.247 e. The lowest BCUT2D eigenvalue weighted by Gasteiger charge is -2.34. The third-order valence-corrected chi connectivity index (χ3v) is 5.59. The van der Waals surface area contributed by atoms with E-state index >= 15 is 0 Å². The third kappa shape index (κ3) is 5.09. The van der Waals surface area contributed by atoms with Gasteiger partial charge in [0.25, 0.3) is 0 Å². The number of rotatable bonds is 7. The molecule has 0 fully saturated rings. The molecule has 0 radical (unpaired) electrons. The Hall–Kier alpha value is -3.78. The van der Waals surface area contributed by atoms with E-state index in [-0.39, 0.29) is 29.2 Å². The zero-order valence-corrected chi connectivity index (χ0v) is 17.5. The quantitative estimate of drug-likeness (QED) is 0.221. The Balaban J connectivity index is 1.40. The predicted molar refractivity (Wildman–Crippen MR) is 120 cm³/mol. The number of H-pyrrole nitrogens is 1. The number of nitrogens with one attached hydrogen (secondary N) is 2. The molecule has 1 unspecified atom stereocenters. The Morgan fingerprint density at radius 1 is 1.19 bits per heavy atom. The van der Waals surface area contributed by atoms with Crippen molar-refractivity contribution in [1.29, 1.82) is 0 Å². The number of benzene rings is 2. The Kier molecular flexibility index (Phi) is 6.42. The van der Waals surface area contributed by atoms with Gasteiger partial charge in [-0.25, -0.2) is 4.98 Å². The lowest BCUT2D eigenvalue weighted by molar-refractivity contribution is -0.129. The van der Waals surface area contributed by atoms with E-state index in [1.807, 2.05) is 12.1 Å². The van der Waals surface area contributed by atoms with Gasteiger partial charge in [-0.2, -0.15) is 0 Å². The maximum atomic E-state index is 13.0. The highest BCUT2D eigenvalue weighted by Crippen LogP contribution is 2.26. The first-order valence-corrected chi connectivity index (χ1v) is 10.5. The van der Waals surface area contributed by atoms with Crippen LogP contribution in [-0.2, 0) is 24.2 Å². The summed E-state index contributed by atoms with van der Waals surface area (Å²) in [5, 5.41) is 32.1. The molecule has 1 atom stereocenters. The maximum Gasteiger partial charge on any atom is 0.247 e. The van der Waals surface area contributed by atoms with Gasteiger partial charge in [0.15, 0.2) is 11.5 Å². The Bertz CT molecular complexity index is 1120. The second-order valence-electron chi connectivity index (χ2n) is 7.86. The molecule has 0 saturated heterocycles. The number of hydrogen-bond acceptors (Lipinski definition) is 6. The largest absolute Gasteiger partial charge is 0.508 e. The molecule has 1 aliphatic rings. The molecular weight excluding hydrogens is 408 g/mol. The van der Waals surface area contributed by atoms with Gasteiger partial charge < -0.3 is 30.5 Å². The summed E-state index contributed by atoms with van der Waals surface area (Å²) in [6.07, 6.45) is 6.17. The van der Waals surface area contributed by atoms with Crippen molar-refractivity contribution in [1.82, 2.24) is 20.2 Å². The van der Waals surface area contributed by atoms with Crippen molar-refractivity contribution < 1.29 is 20.1 Å². The number of aromatic amines is 1. The van der Waals surface area contributed by atoms with E-state index in [0.717, 1.165) is 29.9 Å². The molecular formula is C24H26N4O4. The molecule has 4 rings (SSSR count). The normalized spacial score (nSPS) is 15.8. The fraction of sp³-hybridized carbons (Fsp3) is 0.250. The number of phenolic OH excluding ortho intramolecular Hbond substituents is 3. The highest BCUT2D eigenvalue weighted by atomic mass is 16.3. The van der Waals surface area contributed by atoms with Gasteiger partial charge in [-0.3, -0.25) is 4.79 Å². The van der Waals surface area contributed by atoms with Crippen LogP contribution in [0.2, 0.25) is 0 Å². The number of aromatic hydroxyl groups is 3. The molecule has 0 saturated carbocycles. The topological polar surface area (TPSA) is 122 Å². The summed E-state index contributed by atoms with van der Waals surface area (Å²) < 4.78 is 0. The first-order valence-electron chi connectivity index (χ1n) is 10.5. The number of nitrogens with zero attached hydrogens (tertiary/aromatic N) is 2. The number of hydrogen-bond donors (Lipinski definition) is 5. The van der Waals surface area contributed by atoms with Crippen molar-refractivity contribution in [2.75, 3.05) is 13.1 Å². The number of aromatic nitrogens is 2. The summed E-state index contributed by atoms with van der Waals surface area (Å²) in [5.41, 5.74) is 3.57. The van der Waals surface area contributed by atoms with E-state index in [1.165, 1.54) is 18.2 Å². The number of imidazole rings is 1. The van der Waals surface area contributed by atoms with Crippen LogP contribution >= 0.6 is 0 Å². The van der Waals surface area contributed by atoms with E-state index < -0.39 is 0 Å². The fourth-order valence-electron chi connectivity index (χ4n) is 3.86. The number of amides is 1. The van der Waals surface area contributed by atoms with Crippen LogP contribution < -0.4 is 5.32 Å². The first-order chi connectivity index (χ1) is 15.5. The maximum absolute atomic E-state index is 13.0. The minimum Gasteiger partial charge on any atom is -0.508 e. The second-order valence-corrected chi connectivity index (χ2v) is 7.86. The minimum absolute atomic E-state index is 0.0552. The summed E-state index contributed by atoms with van der Waals surface area (Å²) in [7, 11) is 0. The zero-order valence-electron chi connectivity index (χ0n) is 17.5. The van der Waals surface area contributed by atoms with Crippen molar-refractivity contribution in [2.24, 2.45) is 0 Å². The number of carbonyl (C=O) groups excluding carboxylic acids is 1. The Morgan fingerprint density at radius 3 is 2.88 bits per heavy atom. The summed E-state index contributed by atoms with van der Waals surface area (Å²) in [6, 6.07) is 11.6. The third-order valence-electron chi connectivity index (χ3n) is 5.59. The fourth-order valence-corrected chi connectivity index (χ4v) is 3.86. The van der Waals surface area contributed by atoms with E-state index in [1.54, 1.807) is 35.5 Å². The van der Waals surface area contributed by atoms with Crippen LogP contribution in [0.5, 0.6) is 17.2 Å². The molecule has 3 aromatic rings. The number of fused-ring (bicyclic) bond motifs is 1. The average Bonchev–Trinajstić information content (AvgIpc) is 3.24. The second kappa shape index (κ2) is 9.57. The molecule has 8 heteroatoms. The molecule has 1 amide bonds. The highest BCUT2D eigenvalue weighted by molar-refractivity contribution is 5.92. The van der Waals surface area contributed by atoms with Crippen LogP contribution in [0.3, 0.4) is 0 Å². The van der Waals surface area contributed by atoms with Crippen LogP contribution in [0, 0.1) is 0 Å². The number of carbonyl (C=O) groups is 1. The molecule has 8 nitrogen and oxygen atoms in total. The average molecular weight is 434 g/mol. The molecule has 32 heavy (non-hydrogen) atoms. The lowest BCUT2D eigenvalue weighted by Crippen LogP contribution is -2.49. The van der Waals surface area contributed by atoms with Crippen molar-refractivity contribution in [3.05, 3.63) is 77.4 Å². The summed E-state index contributed by atoms with van der Waals surface area (Å²) in [4.78, 5) is 22.3. The molecule has 166 valence electrons. The van der Waals surface area contributed by atoms with E-state index in [9.17, 15) is 20.1 Å². The van der Waals surface area contributed by atoms with Gasteiger partial charge in [0.05, 0.1) is 30.3 Å². The molecule has 1 aliphatic heterocycles.